The molecule has 1 aliphatic rings. The van der Waals surface area contributed by atoms with E-state index in [0.29, 0.717) is 0 Å². The van der Waals surface area contributed by atoms with E-state index >= 15 is 0 Å². The lowest BCUT2D eigenvalue weighted by Crippen LogP contribution is -2.62. The summed E-state index contributed by atoms with van der Waals surface area (Å²) in [6.07, 6.45) is 0. The van der Waals surface area contributed by atoms with Crippen molar-refractivity contribution in [2.75, 3.05) is 20.1 Å². The molecule has 1 rings (SSSR count). The van der Waals surface area contributed by atoms with Crippen molar-refractivity contribution in [3.8, 4) is 0 Å². The second-order valence-electron chi connectivity index (χ2n) is 3.91. The Labute approximate surface area is 68.6 Å². The molecule has 1 unspecified atom stereocenters. The van der Waals surface area contributed by atoms with Gasteiger partial charge in [-0.05, 0) is 27.8 Å². The first-order valence-corrected chi connectivity index (χ1v) is 4.13. The zero-order valence-electron chi connectivity index (χ0n) is 7.83. The molecule has 11 heavy (non-hydrogen) atoms. The number of likely N-dealkylation sites (N-methyl/N-ethyl adjacent to an activating group) is 1. The molecule has 1 heterocycles. The lowest BCUT2D eigenvalue weighted by molar-refractivity contribution is -0.184. The molecule has 3 heteroatoms. The average Bonchev–Trinajstić information content (AvgIpc) is 1.95. The van der Waals surface area contributed by atoms with E-state index in [-0.39, 0.29) is 11.6 Å². The van der Waals surface area contributed by atoms with E-state index < -0.39 is 0 Å². The summed E-state index contributed by atoms with van der Waals surface area (Å²) in [5.74, 6) is 0. The van der Waals surface area contributed by atoms with Crippen LogP contribution < -0.4 is 0 Å². The Morgan fingerprint density at radius 1 is 1.36 bits per heavy atom. The maximum absolute atomic E-state index is 9.44. The molecule has 66 valence electrons. The van der Waals surface area contributed by atoms with Gasteiger partial charge in [-0.25, -0.2) is 0 Å². The molecule has 1 saturated heterocycles. The first kappa shape index (κ1) is 8.97. The third kappa shape index (κ3) is 1.41. The van der Waals surface area contributed by atoms with Crippen LogP contribution in [0.15, 0.2) is 0 Å². The first-order chi connectivity index (χ1) is 4.96. The van der Waals surface area contributed by atoms with Gasteiger partial charge in [-0.15, -0.1) is 0 Å². The highest BCUT2D eigenvalue weighted by atomic mass is 16.5. The Hall–Kier alpha value is -0.120. The van der Waals surface area contributed by atoms with Gasteiger partial charge in [0.15, 0.2) is 0 Å². The van der Waals surface area contributed by atoms with Gasteiger partial charge >= 0.3 is 0 Å². The second kappa shape index (κ2) is 2.73. The largest absolute Gasteiger partial charge is 0.314 e. The zero-order valence-corrected chi connectivity index (χ0v) is 7.83. The van der Waals surface area contributed by atoms with Crippen LogP contribution in [0.4, 0.5) is 0 Å². The Morgan fingerprint density at radius 2 is 1.91 bits per heavy atom. The van der Waals surface area contributed by atoms with Crippen LogP contribution in [0.1, 0.15) is 20.8 Å². The van der Waals surface area contributed by atoms with Crippen LogP contribution in [0.3, 0.4) is 0 Å². The molecular formula is C8H18N2O. The molecule has 1 fully saturated rings. The van der Waals surface area contributed by atoms with Gasteiger partial charge in [0.25, 0.3) is 0 Å². The Balaban J connectivity index is 2.72. The number of hydrogen-bond acceptors (Lipinski definition) is 3. The summed E-state index contributed by atoms with van der Waals surface area (Å²) >= 11 is 0. The van der Waals surface area contributed by atoms with Crippen LogP contribution >= 0.6 is 0 Å². The number of nitrogens with zero attached hydrogens (tertiary/aromatic N) is 2. The van der Waals surface area contributed by atoms with Crippen LogP contribution in [0.5, 0.6) is 0 Å². The summed E-state index contributed by atoms with van der Waals surface area (Å²) in [4.78, 5) is 2.28. The van der Waals surface area contributed by atoms with Crippen molar-refractivity contribution in [1.82, 2.24) is 9.96 Å². The predicted octanol–water partition coefficient (Wildman–Crippen LogP) is 0.790. The maximum atomic E-state index is 9.44. The van der Waals surface area contributed by atoms with Gasteiger partial charge in [0.2, 0.25) is 0 Å². The molecule has 0 bridgehead atoms. The summed E-state index contributed by atoms with van der Waals surface area (Å²) < 4.78 is 0. The minimum Gasteiger partial charge on any atom is -0.314 e. The third-order valence-corrected chi connectivity index (χ3v) is 3.12. The molecule has 0 aliphatic carbocycles. The number of hydroxylamine groups is 2. The molecule has 0 spiro atoms. The van der Waals surface area contributed by atoms with Crippen molar-refractivity contribution < 1.29 is 5.21 Å². The normalized spacial score (nSPS) is 34.1. The van der Waals surface area contributed by atoms with Gasteiger partial charge < -0.3 is 5.21 Å². The molecule has 1 aliphatic heterocycles. The molecule has 0 saturated carbocycles. The fraction of sp³-hybridized carbons (Fsp3) is 1.00. The molecule has 3 nitrogen and oxygen atoms in total. The third-order valence-electron chi connectivity index (χ3n) is 3.12. The standard InChI is InChI=1S/C8H18N2O/c1-7-8(2,3)9(4)5-6-10(7)11/h7,11H,5-6H2,1-4H3. The van der Waals surface area contributed by atoms with Crippen molar-refractivity contribution in [3.63, 3.8) is 0 Å². The van der Waals surface area contributed by atoms with E-state index in [0.717, 1.165) is 13.1 Å². The van der Waals surface area contributed by atoms with Gasteiger partial charge in [0.1, 0.15) is 0 Å². The van der Waals surface area contributed by atoms with Gasteiger partial charge in [0, 0.05) is 18.6 Å². The minimum absolute atomic E-state index is 0.0764. The Bertz CT molecular complexity index is 147. The quantitative estimate of drug-likeness (QED) is 0.564. The molecule has 1 N–H and O–H groups in total. The summed E-state index contributed by atoms with van der Waals surface area (Å²) in [5, 5.41) is 10.9. The van der Waals surface area contributed by atoms with Crippen molar-refractivity contribution in [2.24, 2.45) is 0 Å². The van der Waals surface area contributed by atoms with Crippen molar-refractivity contribution in [3.05, 3.63) is 0 Å². The van der Waals surface area contributed by atoms with Crippen LogP contribution in [0.25, 0.3) is 0 Å². The van der Waals surface area contributed by atoms with Crippen LogP contribution in [0.2, 0.25) is 0 Å². The summed E-state index contributed by atoms with van der Waals surface area (Å²) in [6, 6.07) is 0.209. The fourth-order valence-corrected chi connectivity index (χ4v) is 1.42. The lowest BCUT2D eigenvalue weighted by Gasteiger charge is -2.48. The van der Waals surface area contributed by atoms with E-state index in [9.17, 15) is 5.21 Å². The average molecular weight is 158 g/mol. The summed E-state index contributed by atoms with van der Waals surface area (Å²) in [5.41, 5.74) is 0.0764. The maximum Gasteiger partial charge on any atom is 0.0501 e. The Kier molecular flexibility index (Phi) is 2.23. The Morgan fingerprint density at radius 3 is 2.36 bits per heavy atom. The molecule has 0 aromatic carbocycles. The number of hydrogen-bond donors (Lipinski definition) is 1. The van der Waals surface area contributed by atoms with E-state index in [4.69, 9.17) is 0 Å². The first-order valence-electron chi connectivity index (χ1n) is 4.13. The molecule has 0 aromatic rings. The smallest absolute Gasteiger partial charge is 0.0501 e. The van der Waals surface area contributed by atoms with Crippen molar-refractivity contribution in [1.29, 1.82) is 0 Å². The van der Waals surface area contributed by atoms with Crippen molar-refractivity contribution >= 4 is 0 Å². The van der Waals surface area contributed by atoms with Gasteiger partial charge in [-0.1, -0.05) is 0 Å². The summed E-state index contributed by atoms with van der Waals surface area (Å²) in [7, 11) is 2.10. The molecule has 0 amide bonds. The zero-order chi connectivity index (χ0) is 8.65. The molecule has 0 aromatic heterocycles. The van der Waals surface area contributed by atoms with E-state index in [1.165, 1.54) is 5.06 Å². The predicted molar refractivity (Wildman–Crippen MR) is 44.7 cm³/mol. The van der Waals surface area contributed by atoms with Gasteiger partial charge in [0.05, 0.1) is 6.04 Å². The number of rotatable bonds is 0. The highest BCUT2D eigenvalue weighted by molar-refractivity contribution is 4.92. The van der Waals surface area contributed by atoms with Crippen molar-refractivity contribution in [2.45, 2.75) is 32.4 Å². The molecular weight excluding hydrogens is 140 g/mol. The van der Waals surface area contributed by atoms with E-state index in [2.05, 4.69) is 32.7 Å². The fourth-order valence-electron chi connectivity index (χ4n) is 1.42. The highest BCUT2D eigenvalue weighted by Gasteiger charge is 2.37. The monoisotopic (exact) mass is 158 g/mol. The lowest BCUT2D eigenvalue weighted by atomic mass is 9.92. The minimum atomic E-state index is 0.0764. The molecule has 1 atom stereocenters. The second-order valence-corrected chi connectivity index (χ2v) is 3.91. The van der Waals surface area contributed by atoms with E-state index in [1.54, 1.807) is 0 Å². The highest BCUT2D eigenvalue weighted by Crippen LogP contribution is 2.24. The van der Waals surface area contributed by atoms with Gasteiger partial charge in [-0.3, -0.25) is 4.90 Å². The van der Waals surface area contributed by atoms with Crippen LogP contribution in [-0.2, 0) is 0 Å². The van der Waals surface area contributed by atoms with E-state index in [1.807, 2.05) is 0 Å². The van der Waals surface area contributed by atoms with Gasteiger partial charge in [-0.2, -0.15) is 5.06 Å². The van der Waals surface area contributed by atoms with Crippen LogP contribution in [0, 0.1) is 0 Å². The topological polar surface area (TPSA) is 26.7 Å². The summed E-state index contributed by atoms with van der Waals surface area (Å²) in [6.45, 7) is 8.05. The molecule has 0 radical (unpaired) electrons. The SMILES string of the molecule is CC1N(O)CCN(C)C1(C)C. The number of piperazine rings is 1. The van der Waals surface area contributed by atoms with Crippen LogP contribution in [-0.4, -0.2) is 46.9 Å².